The molecule has 96 valence electrons. The first-order valence-electron chi connectivity index (χ1n) is 6.20. The summed E-state index contributed by atoms with van der Waals surface area (Å²) in [5.41, 5.74) is 7.69. The van der Waals surface area contributed by atoms with E-state index in [9.17, 15) is 0 Å². The van der Waals surface area contributed by atoms with Crippen molar-refractivity contribution in [1.82, 2.24) is 0 Å². The van der Waals surface area contributed by atoms with Crippen molar-refractivity contribution in [2.45, 2.75) is 53.0 Å². The first kappa shape index (κ1) is 16.1. The van der Waals surface area contributed by atoms with Gasteiger partial charge in [0.2, 0.25) is 0 Å². The van der Waals surface area contributed by atoms with Gasteiger partial charge >= 0.3 is 0 Å². The van der Waals surface area contributed by atoms with Crippen LogP contribution in [0.25, 0.3) is 0 Å². The SMILES string of the molecule is C=C(CC(C)(C)CC(C)C)[C@@H](N)CCSC. The van der Waals surface area contributed by atoms with Crippen LogP contribution in [0.2, 0.25) is 0 Å². The summed E-state index contributed by atoms with van der Waals surface area (Å²) >= 11 is 1.85. The number of rotatable bonds is 8. The Bertz CT molecular complexity index is 209. The summed E-state index contributed by atoms with van der Waals surface area (Å²) in [5.74, 6) is 1.87. The Labute approximate surface area is 106 Å². The summed E-state index contributed by atoms with van der Waals surface area (Å²) < 4.78 is 0. The lowest BCUT2D eigenvalue weighted by Gasteiger charge is -2.29. The van der Waals surface area contributed by atoms with Crippen LogP contribution in [0.1, 0.15) is 47.0 Å². The zero-order valence-electron chi connectivity index (χ0n) is 11.7. The van der Waals surface area contributed by atoms with Crippen LogP contribution in [0, 0.1) is 11.3 Å². The monoisotopic (exact) mass is 243 g/mol. The summed E-state index contributed by atoms with van der Waals surface area (Å²) in [4.78, 5) is 0. The van der Waals surface area contributed by atoms with Crippen molar-refractivity contribution in [3.05, 3.63) is 12.2 Å². The topological polar surface area (TPSA) is 26.0 Å². The summed E-state index contributed by atoms with van der Waals surface area (Å²) in [6.45, 7) is 13.4. The van der Waals surface area contributed by atoms with Crippen LogP contribution in [0.15, 0.2) is 12.2 Å². The molecule has 0 radical (unpaired) electrons. The molecule has 0 unspecified atom stereocenters. The molecule has 0 aromatic rings. The van der Waals surface area contributed by atoms with Gasteiger partial charge in [-0.05, 0) is 42.6 Å². The van der Waals surface area contributed by atoms with E-state index in [4.69, 9.17) is 5.73 Å². The summed E-state index contributed by atoms with van der Waals surface area (Å²) in [5, 5.41) is 0. The van der Waals surface area contributed by atoms with Crippen LogP contribution >= 0.6 is 11.8 Å². The Hall–Kier alpha value is 0.0500. The average Bonchev–Trinajstić information content (AvgIpc) is 2.10. The summed E-state index contributed by atoms with van der Waals surface area (Å²) in [7, 11) is 0. The average molecular weight is 243 g/mol. The maximum atomic E-state index is 6.13. The molecule has 0 aromatic carbocycles. The second-order valence-electron chi connectivity index (χ2n) is 5.99. The van der Waals surface area contributed by atoms with E-state index in [-0.39, 0.29) is 6.04 Å². The highest BCUT2D eigenvalue weighted by Crippen LogP contribution is 2.32. The first-order valence-corrected chi connectivity index (χ1v) is 7.60. The molecule has 0 saturated carbocycles. The normalized spacial score (nSPS) is 14.2. The van der Waals surface area contributed by atoms with Crippen molar-refractivity contribution in [2.24, 2.45) is 17.1 Å². The van der Waals surface area contributed by atoms with Gasteiger partial charge < -0.3 is 5.73 Å². The van der Waals surface area contributed by atoms with Gasteiger partial charge in [-0.1, -0.05) is 39.8 Å². The molecule has 16 heavy (non-hydrogen) atoms. The van der Waals surface area contributed by atoms with Gasteiger partial charge in [0, 0.05) is 6.04 Å². The van der Waals surface area contributed by atoms with Crippen LogP contribution in [-0.4, -0.2) is 18.1 Å². The summed E-state index contributed by atoms with van der Waals surface area (Å²) in [6.07, 6.45) is 5.47. The largest absolute Gasteiger partial charge is 0.324 e. The van der Waals surface area contributed by atoms with Gasteiger partial charge in [-0.15, -0.1) is 0 Å². The highest BCUT2D eigenvalue weighted by molar-refractivity contribution is 7.98. The standard InChI is InChI=1S/C14H29NS/c1-11(2)9-14(4,5)10-12(3)13(15)7-8-16-6/h11,13H,3,7-10,15H2,1-2,4-6H3/t13-/m0/s1. The molecule has 0 aliphatic heterocycles. The molecule has 0 aliphatic rings. The molecule has 1 atom stereocenters. The Morgan fingerprint density at radius 1 is 1.38 bits per heavy atom. The van der Waals surface area contributed by atoms with Crippen LogP contribution in [0.3, 0.4) is 0 Å². The fourth-order valence-electron chi connectivity index (χ4n) is 2.37. The van der Waals surface area contributed by atoms with Crippen LogP contribution in [0.5, 0.6) is 0 Å². The molecule has 0 bridgehead atoms. The van der Waals surface area contributed by atoms with Gasteiger partial charge in [-0.3, -0.25) is 0 Å². The fourth-order valence-corrected chi connectivity index (χ4v) is 2.86. The zero-order chi connectivity index (χ0) is 12.8. The van der Waals surface area contributed by atoms with E-state index < -0.39 is 0 Å². The maximum absolute atomic E-state index is 6.13. The van der Waals surface area contributed by atoms with E-state index in [1.54, 1.807) is 0 Å². The molecule has 0 fully saturated rings. The molecule has 0 saturated heterocycles. The molecular formula is C14H29NS. The lowest BCUT2D eigenvalue weighted by molar-refractivity contribution is 0.280. The minimum absolute atomic E-state index is 0.180. The van der Waals surface area contributed by atoms with E-state index in [2.05, 4.69) is 40.5 Å². The lowest BCUT2D eigenvalue weighted by atomic mass is 9.77. The van der Waals surface area contributed by atoms with Crippen molar-refractivity contribution in [3.63, 3.8) is 0 Å². The Balaban J connectivity index is 4.10. The Morgan fingerprint density at radius 2 is 1.94 bits per heavy atom. The van der Waals surface area contributed by atoms with Crippen LogP contribution in [0.4, 0.5) is 0 Å². The Morgan fingerprint density at radius 3 is 2.38 bits per heavy atom. The maximum Gasteiger partial charge on any atom is 0.0259 e. The molecule has 0 amide bonds. The zero-order valence-corrected chi connectivity index (χ0v) is 12.5. The molecule has 0 rings (SSSR count). The quantitative estimate of drug-likeness (QED) is 0.650. The van der Waals surface area contributed by atoms with Gasteiger partial charge in [0.25, 0.3) is 0 Å². The van der Waals surface area contributed by atoms with Crippen molar-refractivity contribution >= 4 is 11.8 Å². The van der Waals surface area contributed by atoms with Crippen molar-refractivity contribution in [2.75, 3.05) is 12.0 Å². The molecule has 0 aromatic heterocycles. The second kappa shape index (κ2) is 7.39. The highest BCUT2D eigenvalue weighted by Gasteiger charge is 2.22. The van der Waals surface area contributed by atoms with E-state index in [0.29, 0.717) is 5.41 Å². The van der Waals surface area contributed by atoms with Crippen molar-refractivity contribution < 1.29 is 0 Å². The highest BCUT2D eigenvalue weighted by atomic mass is 32.2. The van der Waals surface area contributed by atoms with E-state index in [1.807, 2.05) is 11.8 Å². The predicted molar refractivity (Wildman–Crippen MR) is 78.0 cm³/mol. The number of hydrogen-bond donors (Lipinski definition) is 1. The third kappa shape index (κ3) is 7.34. The third-order valence-corrected chi connectivity index (χ3v) is 3.47. The number of nitrogens with two attached hydrogens (primary N) is 1. The fraction of sp³-hybridized carbons (Fsp3) is 0.857. The van der Waals surface area contributed by atoms with Crippen LogP contribution in [-0.2, 0) is 0 Å². The molecule has 0 spiro atoms. The van der Waals surface area contributed by atoms with E-state index >= 15 is 0 Å². The van der Waals surface area contributed by atoms with Gasteiger partial charge in [0.15, 0.2) is 0 Å². The molecular weight excluding hydrogens is 214 g/mol. The third-order valence-electron chi connectivity index (χ3n) is 2.82. The minimum atomic E-state index is 0.180. The van der Waals surface area contributed by atoms with Gasteiger partial charge in [-0.25, -0.2) is 0 Å². The Kier molecular flexibility index (Phi) is 7.41. The molecule has 2 N–H and O–H groups in total. The van der Waals surface area contributed by atoms with Crippen molar-refractivity contribution in [3.8, 4) is 0 Å². The summed E-state index contributed by atoms with van der Waals surface area (Å²) in [6, 6.07) is 0.180. The lowest BCUT2D eigenvalue weighted by Crippen LogP contribution is -2.27. The number of hydrogen-bond acceptors (Lipinski definition) is 2. The molecule has 0 heterocycles. The molecule has 2 heteroatoms. The first-order chi connectivity index (χ1) is 7.28. The van der Waals surface area contributed by atoms with E-state index in [1.165, 1.54) is 12.0 Å². The smallest absolute Gasteiger partial charge is 0.0259 e. The van der Waals surface area contributed by atoms with E-state index in [0.717, 1.165) is 24.5 Å². The van der Waals surface area contributed by atoms with Gasteiger partial charge in [-0.2, -0.15) is 11.8 Å². The molecule has 0 aliphatic carbocycles. The van der Waals surface area contributed by atoms with Crippen molar-refractivity contribution in [1.29, 1.82) is 0 Å². The molecule has 1 nitrogen and oxygen atoms in total. The predicted octanol–water partition coefficient (Wildman–Crippen LogP) is 4.09. The second-order valence-corrected chi connectivity index (χ2v) is 6.97. The van der Waals surface area contributed by atoms with Gasteiger partial charge in [0.1, 0.15) is 0 Å². The minimum Gasteiger partial charge on any atom is -0.324 e. The van der Waals surface area contributed by atoms with Gasteiger partial charge in [0.05, 0.1) is 0 Å². The number of thioether (sulfide) groups is 1. The van der Waals surface area contributed by atoms with Crippen LogP contribution < -0.4 is 5.73 Å².